The first-order valence-corrected chi connectivity index (χ1v) is 8.09. The molecule has 5 heteroatoms. The summed E-state index contributed by atoms with van der Waals surface area (Å²) in [4.78, 5) is 2.61. The molecule has 1 N–H and O–H groups in total. The number of nitrogens with zero attached hydrogens (tertiary/aromatic N) is 1. The maximum Gasteiger partial charge on any atom is 0.119 e. The smallest absolute Gasteiger partial charge is 0.119 e. The number of hydrogen-bond acceptors (Lipinski definition) is 3. The van der Waals surface area contributed by atoms with Crippen molar-refractivity contribution in [3.63, 3.8) is 0 Å². The molecule has 0 spiro atoms. The summed E-state index contributed by atoms with van der Waals surface area (Å²) in [6, 6.07) is 9.13. The number of benzene rings is 1. The number of nitrogens with one attached hydrogen (secondary N) is 1. The molecule has 0 saturated carbocycles. The molecule has 134 valence electrons. The zero-order valence-electron chi connectivity index (χ0n) is 15.0. The quantitative estimate of drug-likeness (QED) is 0.863. The number of ether oxygens (including phenoxy) is 1. The molecule has 23 heavy (non-hydrogen) atoms. The molecule has 1 atom stereocenters. The van der Waals surface area contributed by atoms with Crippen molar-refractivity contribution in [2.24, 2.45) is 5.41 Å². The van der Waals surface area contributed by atoms with Crippen LogP contribution in [0.15, 0.2) is 24.3 Å². The molecule has 1 aliphatic rings. The normalized spacial score (nSPS) is 17.1. The molecule has 0 aromatic heterocycles. The van der Waals surface area contributed by atoms with E-state index in [1.54, 1.807) is 0 Å². The Morgan fingerprint density at radius 1 is 1.00 bits per heavy atom. The molecule has 0 radical (unpaired) electrons. The minimum atomic E-state index is 0. The van der Waals surface area contributed by atoms with Gasteiger partial charge in [0.2, 0.25) is 0 Å². The van der Waals surface area contributed by atoms with Crippen LogP contribution in [0.25, 0.3) is 0 Å². The summed E-state index contributed by atoms with van der Waals surface area (Å²) in [6.07, 6.45) is 0.224. The number of piperazine rings is 1. The molecule has 1 aromatic carbocycles. The molecule has 2 rings (SSSR count). The first-order valence-electron chi connectivity index (χ1n) is 8.09. The lowest BCUT2D eigenvalue weighted by atomic mass is 9.81. The van der Waals surface area contributed by atoms with Crippen LogP contribution in [0.5, 0.6) is 5.75 Å². The number of rotatable bonds is 4. The Balaban J connectivity index is 0.00000242. The Morgan fingerprint density at radius 2 is 1.52 bits per heavy atom. The molecule has 1 heterocycles. The third kappa shape index (κ3) is 6.50. The monoisotopic (exact) mass is 362 g/mol. The van der Waals surface area contributed by atoms with E-state index in [1.807, 2.05) is 0 Å². The second-order valence-corrected chi connectivity index (χ2v) is 7.29. The van der Waals surface area contributed by atoms with Crippen LogP contribution in [0.3, 0.4) is 0 Å². The molecule has 1 aliphatic heterocycles. The van der Waals surface area contributed by atoms with E-state index in [1.165, 1.54) is 5.56 Å². The molecule has 0 aliphatic carbocycles. The van der Waals surface area contributed by atoms with Crippen molar-refractivity contribution in [1.82, 2.24) is 10.2 Å². The van der Waals surface area contributed by atoms with Gasteiger partial charge in [0.15, 0.2) is 0 Å². The minimum Gasteiger partial charge on any atom is -0.491 e. The standard InChI is InChI=1S/C18H30N2O.2ClH/c1-14(2)21-16-8-6-15(7-9-16)17(18(3,4)5)20-12-10-19-11-13-20;;/h6-9,14,17,19H,10-13H2,1-5H3;2*1H/t17-;;/m0../s1. The van der Waals surface area contributed by atoms with Gasteiger partial charge >= 0.3 is 0 Å². The van der Waals surface area contributed by atoms with Crippen molar-refractivity contribution in [2.75, 3.05) is 26.2 Å². The third-order valence-electron chi connectivity index (χ3n) is 3.90. The summed E-state index contributed by atoms with van der Waals surface area (Å²) in [5.41, 5.74) is 1.61. The van der Waals surface area contributed by atoms with Crippen molar-refractivity contribution < 1.29 is 4.74 Å². The van der Waals surface area contributed by atoms with E-state index in [2.05, 4.69) is 69.1 Å². The fraction of sp³-hybridized carbons (Fsp3) is 0.667. The fourth-order valence-electron chi connectivity index (χ4n) is 3.20. The Kier molecular flexibility index (Phi) is 9.53. The predicted octanol–water partition coefficient (Wildman–Crippen LogP) is 4.31. The lowest BCUT2D eigenvalue weighted by molar-refractivity contribution is 0.0861. The van der Waals surface area contributed by atoms with Crippen LogP contribution in [-0.2, 0) is 0 Å². The van der Waals surface area contributed by atoms with Gasteiger partial charge < -0.3 is 10.1 Å². The SMILES string of the molecule is CC(C)Oc1ccc([C@H](N2CCNCC2)C(C)(C)C)cc1.Cl.Cl. The maximum absolute atomic E-state index is 5.76. The van der Waals surface area contributed by atoms with Gasteiger partial charge in [-0.3, -0.25) is 4.90 Å². The third-order valence-corrected chi connectivity index (χ3v) is 3.90. The molecule has 1 fully saturated rings. The lowest BCUT2D eigenvalue weighted by Crippen LogP contribution is -2.48. The van der Waals surface area contributed by atoms with Crippen LogP contribution < -0.4 is 10.1 Å². The Hall–Kier alpha value is -0.480. The molecule has 0 bridgehead atoms. The van der Waals surface area contributed by atoms with E-state index in [0.29, 0.717) is 6.04 Å². The largest absolute Gasteiger partial charge is 0.491 e. The fourth-order valence-corrected chi connectivity index (χ4v) is 3.20. The van der Waals surface area contributed by atoms with Crippen LogP contribution in [0.1, 0.15) is 46.2 Å². The molecule has 1 saturated heterocycles. The zero-order valence-corrected chi connectivity index (χ0v) is 16.6. The van der Waals surface area contributed by atoms with Gasteiger partial charge in [-0.1, -0.05) is 32.9 Å². The Morgan fingerprint density at radius 3 is 1.96 bits per heavy atom. The molecular weight excluding hydrogens is 331 g/mol. The second-order valence-electron chi connectivity index (χ2n) is 7.29. The van der Waals surface area contributed by atoms with E-state index in [4.69, 9.17) is 4.74 Å². The van der Waals surface area contributed by atoms with Crippen LogP contribution in [0, 0.1) is 5.41 Å². The Labute approximate surface area is 154 Å². The van der Waals surface area contributed by atoms with Gasteiger partial charge in [-0.05, 0) is 37.0 Å². The number of hydrogen-bond donors (Lipinski definition) is 1. The van der Waals surface area contributed by atoms with E-state index in [9.17, 15) is 0 Å². The van der Waals surface area contributed by atoms with Gasteiger partial charge in [-0.2, -0.15) is 0 Å². The summed E-state index contributed by atoms with van der Waals surface area (Å²) < 4.78 is 5.76. The topological polar surface area (TPSA) is 24.5 Å². The van der Waals surface area contributed by atoms with E-state index in [-0.39, 0.29) is 36.3 Å². The maximum atomic E-state index is 5.76. The predicted molar refractivity (Wildman–Crippen MR) is 103 cm³/mol. The van der Waals surface area contributed by atoms with Gasteiger partial charge in [-0.15, -0.1) is 24.8 Å². The summed E-state index contributed by atoms with van der Waals surface area (Å²) >= 11 is 0. The minimum absolute atomic E-state index is 0. The van der Waals surface area contributed by atoms with Crippen molar-refractivity contribution in [1.29, 1.82) is 0 Å². The molecule has 3 nitrogen and oxygen atoms in total. The Bertz CT molecular complexity index is 437. The summed E-state index contributed by atoms with van der Waals surface area (Å²) in [6.45, 7) is 15.5. The van der Waals surface area contributed by atoms with Crippen LogP contribution in [-0.4, -0.2) is 37.2 Å². The van der Waals surface area contributed by atoms with Gasteiger partial charge in [0.1, 0.15) is 5.75 Å². The van der Waals surface area contributed by atoms with E-state index < -0.39 is 0 Å². The van der Waals surface area contributed by atoms with Crippen LogP contribution in [0.2, 0.25) is 0 Å². The highest BCUT2D eigenvalue weighted by atomic mass is 35.5. The van der Waals surface area contributed by atoms with Crippen molar-refractivity contribution in [2.45, 2.75) is 46.8 Å². The molecule has 0 unspecified atom stereocenters. The summed E-state index contributed by atoms with van der Waals surface area (Å²) in [5.74, 6) is 0.960. The van der Waals surface area contributed by atoms with Gasteiger partial charge in [0.25, 0.3) is 0 Å². The van der Waals surface area contributed by atoms with Gasteiger partial charge in [-0.25, -0.2) is 0 Å². The van der Waals surface area contributed by atoms with Crippen LogP contribution in [0.4, 0.5) is 0 Å². The van der Waals surface area contributed by atoms with Crippen molar-refractivity contribution >= 4 is 24.8 Å². The van der Waals surface area contributed by atoms with Gasteiger partial charge in [0.05, 0.1) is 6.10 Å². The second kappa shape index (κ2) is 9.73. The first kappa shape index (κ1) is 22.5. The summed E-state index contributed by atoms with van der Waals surface area (Å²) in [7, 11) is 0. The average Bonchev–Trinajstić information content (AvgIpc) is 2.40. The lowest BCUT2D eigenvalue weighted by Gasteiger charge is -2.42. The number of halogens is 2. The highest BCUT2D eigenvalue weighted by Gasteiger charge is 2.32. The average molecular weight is 363 g/mol. The highest BCUT2D eigenvalue weighted by molar-refractivity contribution is 5.85. The van der Waals surface area contributed by atoms with Crippen molar-refractivity contribution in [3.8, 4) is 5.75 Å². The molecule has 0 amide bonds. The van der Waals surface area contributed by atoms with Gasteiger partial charge in [0, 0.05) is 32.2 Å². The van der Waals surface area contributed by atoms with Crippen molar-refractivity contribution in [3.05, 3.63) is 29.8 Å². The first-order chi connectivity index (χ1) is 9.88. The van der Waals surface area contributed by atoms with E-state index >= 15 is 0 Å². The van der Waals surface area contributed by atoms with E-state index in [0.717, 1.165) is 31.9 Å². The molecular formula is C18H32Cl2N2O. The summed E-state index contributed by atoms with van der Waals surface area (Å²) in [5, 5.41) is 3.44. The van der Waals surface area contributed by atoms with Crippen LogP contribution >= 0.6 is 24.8 Å². The highest BCUT2D eigenvalue weighted by Crippen LogP contribution is 2.38. The zero-order chi connectivity index (χ0) is 15.5. The molecule has 1 aromatic rings.